The van der Waals surface area contributed by atoms with Gasteiger partial charge in [-0.15, -0.1) is 0 Å². The van der Waals surface area contributed by atoms with Crippen LogP contribution in [0.25, 0.3) is 0 Å². The lowest BCUT2D eigenvalue weighted by atomic mass is 9.91. The number of sulfonamides is 1. The Bertz CT molecular complexity index is 329. The molecule has 1 heterocycles. The average molecular weight is 274 g/mol. The van der Waals surface area contributed by atoms with Crippen molar-refractivity contribution in [2.45, 2.75) is 57.4 Å². The summed E-state index contributed by atoms with van der Waals surface area (Å²) in [6.45, 7) is 1.94. The van der Waals surface area contributed by atoms with Gasteiger partial charge in [0.1, 0.15) is 0 Å². The summed E-state index contributed by atoms with van der Waals surface area (Å²) in [4.78, 5) is 0. The van der Waals surface area contributed by atoms with Crippen LogP contribution < -0.4 is 10.0 Å². The molecular formula is C13H26N2O2S. The highest BCUT2D eigenvalue weighted by Crippen LogP contribution is 2.24. The molecule has 2 rings (SSSR count). The first-order valence-corrected chi connectivity index (χ1v) is 9.02. The van der Waals surface area contributed by atoms with Gasteiger partial charge in [-0.05, 0) is 51.1 Å². The number of hydrogen-bond acceptors (Lipinski definition) is 3. The smallest absolute Gasteiger partial charge is 0.212 e. The van der Waals surface area contributed by atoms with Gasteiger partial charge in [0.25, 0.3) is 0 Å². The molecule has 1 aliphatic carbocycles. The van der Waals surface area contributed by atoms with E-state index in [-0.39, 0.29) is 6.04 Å². The number of hydrogen-bond donors (Lipinski definition) is 2. The summed E-state index contributed by atoms with van der Waals surface area (Å²) in [6, 6.07) is 0.147. The van der Waals surface area contributed by atoms with Gasteiger partial charge in [-0.3, -0.25) is 0 Å². The molecule has 1 unspecified atom stereocenters. The summed E-state index contributed by atoms with van der Waals surface area (Å²) in [7, 11) is -3.07. The van der Waals surface area contributed by atoms with Crippen LogP contribution in [0.2, 0.25) is 0 Å². The Morgan fingerprint density at radius 2 is 1.72 bits per heavy atom. The maximum atomic E-state index is 12.1. The number of nitrogens with one attached hydrogen (secondary N) is 2. The van der Waals surface area contributed by atoms with Crippen LogP contribution in [-0.4, -0.2) is 33.3 Å². The summed E-state index contributed by atoms with van der Waals surface area (Å²) >= 11 is 0. The Morgan fingerprint density at radius 1 is 0.944 bits per heavy atom. The van der Waals surface area contributed by atoms with Crippen molar-refractivity contribution in [3.63, 3.8) is 0 Å². The lowest BCUT2D eigenvalue weighted by molar-refractivity contribution is 0.382. The Morgan fingerprint density at radius 3 is 2.50 bits per heavy atom. The van der Waals surface area contributed by atoms with E-state index in [2.05, 4.69) is 10.0 Å². The fraction of sp³-hybridized carbons (Fsp3) is 1.00. The van der Waals surface area contributed by atoms with Gasteiger partial charge in [0.05, 0.1) is 5.75 Å². The highest BCUT2D eigenvalue weighted by molar-refractivity contribution is 7.89. The number of rotatable bonds is 4. The molecule has 0 bridgehead atoms. The Hall–Kier alpha value is -0.130. The van der Waals surface area contributed by atoms with Gasteiger partial charge < -0.3 is 5.32 Å². The van der Waals surface area contributed by atoms with E-state index >= 15 is 0 Å². The van der Waals surface area contributed by atoms with E-state index in [9.17, 15) is 8.42 Å². The van der Waals surface area contributed by atoms with E-state index in [4.69, 9.17) is 0 Å². The molecule has 0 amide bonds. The minimum Gasteiger partial charge on any atom is -0.317 e. The van der Waals surface area contributed by atoms with Crippen molar-refractivity contribution >= 4 is 10.0 Å². The highest BCUT2D eigenvalue weighted by Gasteiger charge is 2.24. The molecule has 106 valence electrons. The van der Waals surface area contributed by atoms with Crippen LogP contribution in [0.3, 0.4) is 0 Å². The van der Waals surface area contributed by atoms with Crippen LogP contribution in [-0.2, 0) is 10.0 Å². The Labute approximate surface area is 111 Å². The van der Waals surface area contributed by atoms with Crippen LogP contribution in [0.15, 0.2) is 0 Å². The van der Waals surface area contributed by atoms with Gasteiger partial charge >= 0.3 is 0 Å². The van der Waals surface area contributed by atoms with Crippen molar-refractivity contribution in [2.75, 3.05) is 18.8 Å². The van der Waals surface area contributed by atoms with E-state index in [1.54, 1.807) is 0 Å². The van der Waals surface area contributed by atoms with E-state index < -0.39 is 10.0 Å². The minimum atomic E-state index is -3.07. The van der Waals surface area contributed by atoms with Gasteiger partial charge in [0.2, 0.25) is 10.0 Å². The molecular weight excluding hydrogens is 248 g/mol. The lowest BCUT2D eigenvalue weighted by Gasteiger charge is -2.23. The van der Waals surface area contributed by atoms with E-state index in [0.29, 0.717) is 11.7 Å². The minimum absolute atomic E-state index is 0.147. The van der Waals surface area contributed by atoms with Crippen molar-refractivity contribution in [3.8, 4) is 0 Å². The van der Waals surface area contributed by atoms with E-state index in [1.165, 1.54) is 19.3 Å². The zero-order valence-electron chi connectivity index (χ0n) is 11.2. The van der Waals surface area contributed by atoms with Crippen molar-refractivity contribution in [1.82, 2.24) is 10.0 Å². The van der Waals surface area contributed by atoms with Gasteiger partial charge in [0, 0.05) is 6.04 Å². The third-order valence-corrected chi connectivity index (χ3v) is 5.70. The van der Waals surface area contributed by atoms with Crippen LogP contribution in [0.5, 0.6) is 0 Å². The molecule has 0 radical (unpaired) electrons. The third-order valence-electron chi connectivity index (χ3n) is 4.10. The van der Waals surface area contributed by atoms with Gasteiger partial charge in [-0.2, -0.15) is 0 Å². The highest BCUT2D eigenvalue weighted by atomic mass is 32.2. The van der Waals surface area contributed by atoms with E-state index in [1.807, 2.05) is 0 Å². The molecule has 2 aliphatic rings. The summed E-state index contributed by atoms with van der Waals surface area (Å²) in [6.07, 6.45) is 8.82. The molecule has 4 nitrogen and oxygen atoms in total. The molecule has 1 atom stereocenters. The fourth-order valence-corrected chi connectivity index (χ4v) is 4.90. The van der Waals surface area contributed by atoms with Gasteiger partial charge in [-0.1, -0.05) is 19.3 Å². The first kappa shape index (κ1) is 14.3. The largest absolute Gasteiger partial charge is 0.317 e. The summed E-state index contributed by atoms with van der Waals surface area (Å²) in [5, 5.41) is 3.31. The Balaban J connectivity index is 1.81. The first-order valence-electron chi connectivity index (χ1n) is 7.36. The molecule has 1 saturated heterocycles. The van der Waals surface area contributed by atoms with Gasteiger partial charge in [-0.25, -0.2) is 13.1 Å². The first-order chi connectivity index (χ1) is 8.66. The van der Waals surface area contributed by atoms with Gasteiger partial charge in [0.15, 0.2) is 0 Å². The summed E-state index contributed by atoms with van der Waals surface area (Å²) in [5.74, 6) is 0.733. The fourth-order valence-electron chi connectivity index (χ4n) is 3.10. The van der Waals surface area contributed by atoms with Crippen molar-refractivity contribution in [1.29, 1.82) is 0 Å². The molecule has 0 spiro atoms. The second-order valence-electron chi connectivity index (χ2n) is 5.78. The summed E-state index contributed by atoms with van der Waals surface area (Å²) < 4.78 is 27.2. The van der Waals surface area contributed by atoms with Crippen LogP contribution in [0.1, 0.15) is 51.4 Å². The van der Waals surface area contributed by atoms with E-state index in [0.717, 1.165) is 45.2 Å². The molecule has 5 heteroatoms. The third kappa shape index (κ3) is 4.86. The average Bonchev–Trinajstić information content (AvgIpc) is 2.57. The maximum absolute atomic E-state index is 12.1. The monoisotopic (exact) mass is 274 g/mol. The zero-order valence-corrected chi connectivity index (χ0v) is 12.0. The molecule has 0 aromatic carbocycles. The zero-order chi connectivity index (χ0) is 12.8. The predicted octanol–water partition coefficient (Wildman–Crippen LogP) is 1.63. The Kier molecular flexibility index (Phi) is 5.45. The second kappa shape index (κ2) is 6.87. The lowest BCUT2D eigenvalue weighted by Crippen LogP contribution is -2.38. The molecule has 1 aliphatic heterocycles. The van der Waals surface area contributed by atoms with Crippen molar-refractivity contribution in [3.05, 3.63) is 0 Å². The van der Waals surface area contributed by atoms with Crippen molar-refractivity contribution in [2.24, 2.45) is 5.92 Å². The quantitative estimate of drug-likeness (QED) is 0.819. The van der Waals surface area contributed by atoms with Crippen LogP contribution >= 0.6 is 0 Å². The second-order valence-corrected chi connectivity index (χ2v) is 7.58. The van der Waals surface area contributed by atoms with Crippen LogP contribution in [0.4, 0.5) is 0 Å². The standard InChI is InChI=1S/C13H26N2O2S/c16-18(17,11-12-5-2-1-3-6-12)15-13-7-4-9-14-10-8-13/h12-15H,1-11H2. The van der Waals surface area contributed by atoms with Crippen LogP contribution in [0, 0.1) is 5.92 Å². The van der Waals surface area contributed by atoms with Crippen molar-refractivity contribution < 1.29 is 8.42 Å². The topological polar surface area (TPSA) is 58.2 Å². The molecule has 1 saturated carbocycles. The maximum Gasteiger partial charge on any atom is 0.212 e. The molecule has 0 aromatic rings. The molecule has 2 N–H and O–H groups in total. The summed E-state index contributed by atoms with van der Waals surface area (Å²) in [5.41, 5.74) is 0. The normalized spacial score (nSPS) is 27.9. The SMILES string of the molecule is O=S(=O)(CC1CCCCC1)NC1CCCNCC1. The molecule has 18 heavy (non-hydrogen) atoms. The molecule has 2 fully saturated rings. The predicted molar refractivity (Wildman–Crippen MR) is 74.0 cm³/mol. The molecule has 0 aromatic heterocycles.